The molecule has 0 unspecified atom stereocenters. The van der Waals surface area contributed by atoms with Crippen molar-refractivity contribution in [3.63, 3.8) is 0 Å². The number of amides is 1. The molecule has 2 atom stereocenters. The molecule has 1 fully saturated rings. The van der Waals surface area contributed by atoms with Crippen LogP contribution in [-0.2, 0) is 11.3 Å². The van der Waals surface area contributed by atoms with Crippen molar-refractivity contribution >= 4 is 16.9 Å². The van der Waals surface area contributed by atoms with Crippen molar-refractivity contribution in [1.29, 1.82) is 0 Å². The lowest BCUT2D eigenvalue weighted by Crippen LogP contribution is -2.36. The van der Waals surface area contributed by atoms with E-state index in [4.69, 9.17) is 0 Å². The third kappa shape index (κ3) is 3.25. The molecule has 1 aliphatic carbocycles. The van der Waals surface area contributed by atoms with Gasteiger partial charge in [0.15, 0.2) is 0 Å². The highest BCUT2D eigenvalue weighted by molar-refractivity contribution is 5.79. The minimum absolute atomic E-state index is 0.0674. The van der Waals surface area contributed by atoms with Crippen molar-refractivity contribution in [1.82, 2.24) is 14.9 Å². The molecule has 22 heavy (non-hydrogen) atoms. The summed E-state index contributed by atoms with van der Waals surface area (Å²) in [6.07, 6.45) is 4.56. The topological polar surface area (TPSA) is 66.3 Å². The first-order valence-electron chi connectivity index (χ1n) is 7.77. The van der Waals surface area contributed by atoms with Gasteiger partial charge in [-0.2, -0.15) is 0 Å². The van der Waals surface area contributed by atoms with Crippen LogP contribution in [0.25, 0.3) is 11.0 Å². The first-order valence-corrected chi connectivity index (χ1v) is 7.77. The maximum atomic E-state index is 12.5. The first-order chi connectivity index (χ1) is 10.6. The summed E-state index contributed by atoms with van der Waals surface area (Å²) >= 11 is 0. The first kappa shape index (κ1) is 14.9. The van der Waals surface area contributed by atoms with Gasteiger partial charge in [0.05, 0.1) is 35.6 Å². The fourth-order valence-corrected chi connectivity index (χ4v) is 3.09. The summed E-state index contributed by atoms with van der Waals surface area (Å²) in [7, 11) is 1.79. The summed E-state index contributed by atoms with van der Waals surface area (Å²) < 4.78 is 0. The lowest BCUT2D eigenvalue weighted by molar-refractivity contribution is -0.137. The van der Waals surface area contributed by atoms with E-state index in [0.29, 0.717) is 13.0 Å². The number of carbonyl (C=O) groups excluding carboxylic acids is 1. The highest BCUT2D eigenvalue weighted by Gasteiger charge is 2.28. The largest absolute Gasteiger partial charge is 0.393 e. The van der Waals surface area contributed by atoms with Gasteiger partial charge >= 0.3 is 0 Å². The number of nitrogens with zero attached hydrogens (tertiary/aromatic N) is 3. The molecule has 1 amide bonds. The SMILES string of the molecule is CN(Cc1cnc2ccccc2n1)C(=O)[C@@H]1CCC[C@@H](O)C1. The molecule has 5 heteroatoms. The molecule has 1 aromatic carbocycles. The second-order valence-corrected chi connectivity index (χ2v) is 6.06. The average molecular weight is 299 g/mol. The molecule has 116 valence electrons. The molecule has 0 aliphatic heterocycles. The number of carbonyl (C=O) groups is 1. The van der Waals surface area contributed by atoms with Crippen LogP contribution in [0.1, 0.15) is 31.4 Å². The highest BCUT2D eigenvalue weighted by Crippen LogP contribution is 2.26. The fraction of sp³-hybridized carbons (Fsp3) is 0.471. The Hall–Kier alpha value is -2.01. The zero-order valence-corrected chi connectivity index (χ0v) is 12.8. The number of hydrogen-bond acceptors (Lipinski definition) is 4. The summed E-state index contributed by atoms with van der Waals surface area (Å²) in [6.45, 7) is 0.448. The van der Waals surface area contributed by atoms with Gasteiger partial charge in [-0.25, -0.2) is 4.98 Å². The van der Waals surface area contributed by atoms with Crippen LogP contribution >= 0.6 is 0 Å². The molecule has 1 heterocycles. The van der Waals surface area contributed by atoms with Gasteiger partial charge in [0, 0.05) is 13.0 Å². The Kier molecular flexibility index (Phi) is 4.34. The molecule has 1 N–H and O–H groups in total. The maximum Gasteiger partial charge on any atom is 0.225 e. The standard InChI is InChI=1S/C17H21N3O2/c1-20(17(22)12-5-4-6-14(21)9-12)11-13-10-18-15-7-2-3-8-16(15)19-13/h2-3,7-8,10,12,14,21H,4-6,9,11H2,1H3/t12-,14-/m1/s1. The van der Waals surface area contributed by atoms with Crippen molar-refractivity contribution in [3.8, 4) is 0 Å². The zero-order chi connectivity index (χ0) is 15.5. The van der Waals surface area contributed by atoms with Crippen molar-refractivity contribution in [2.45, 2.75) is 38.3 Å². The van der Waals surface area contributed by atoms with E-state index in [1.165, 1.54) is 0 Å². The molecule has 0 radical (unpaired) electrons. The number of hydrogen-bond donors (Lipinski definition) is 1. The van der Waals surface area contributed by atoms with Gasteiger partial charge in [0.2, 0.25) is 5.91 Å². The van der Waals surface area contributed by atoms with Gasteiger partial charge in [-0.15, -0.1) is 0 Å². The number of rotatable bonds is 3. The molecule has 1 saturated carbocycles. The van der Waals surface area contributed by atoms with Gasteiger partial charge < -0.3 is 10.0 Å². The summed E-state index contributed by atoms with van der Waals surface area (Å²) in [4.78, 5) is 23.1. The maximum absolute atomic E-state index is 12.5. The number of fused-ring (bicyclic) bond motifs is 1. The van der Waals surface area contributed by atoms with E-state index in [0.717, 1.165) is 36.0 Å². The van der Waals surface area contributed by atoms with Gasteiger partial charge in [0.1, 0.15) is 0 Å². The number of para-hydroxylation sites is 2. The molecule has 0 bridgehead atoms. The van der Waals surface area contributed by atoms with E-state index in [1.807, 2.05) is 24.3 Å². The Morgan fingerprint density at radius 1 is 1.32 bits per heavy atom. The Morgan fingerprint density at radius 3 is 2.86 bits per heavy atom. The van der Waals surface area contributed by atoms with Crippen molar-refractivity contribution in [2.75, 3.05) is 7.05 Å². The molecular formula is C17H21N3O2. The summed E-state index contributed by atoms with van der Waals surface area (Å²) in [5, 5.41) is 9.73. The smallest absolute Gasteiger partial charge is 0.225 e. The minimum Gasteiger partial charge on any atom is -0.393 e. The van der Waals surface area contributed by atoms with Crippen molar-refractivity contribution in [2.24, 2.45) is 5.92 Å². The summed E-state index contributed by atoms with van der Waals surface area (Å²) in [5.41, 5.74) is 2.48. The van der Waals surface area contributed by atoms with Crippen LogP contribution in [0.2, 0.25) is 0 Å². The van der Waals surface area contributed by atoms with Crippen molar-refractivity contribution in [3.05, 3.63) is 36.2 Å². The predicted molar refractivity (Wildman–Crippen MR) is 84.0 cm³/mol. The van der Waals surface area contributed by atoms with Crippen LogP contribution < -0.4 is 0 Å². The average Bonchev–Trinajstić information content (AvgIpc) is 2.54. The molecular weight excluding hydrogens is 278 g/mol. The Balaban J connectivity index is 1.69. The Morgan fingerprint density at radius 2 is 2.09 bits per heavy atom. The monoisotopic (exact) mass is 299 g/mol. The fourth-order valence-electron chi connectivity index (χ4n) is 3.09. The van der Waals surface area contributed by atoms with E-state index in [2.05, 4.69) is 9.97 Å². The third-order valence-corrected chi connectivity index (χ3v) is 4.27. The predicted octanol–water partition coefficient (Wildman–Crippen LogP) is 2.14. The third-order valence-electron chi connectivity index (χ3n) is 4.27. The zero-order valence-electron chi connectivity index (χ0n) is 12.8. The molecule has 0 spiro atoms. The van der Waals surface area contributed by atoms with Crippen LogP contribution in [0.4, 0.5) is 0 Å². The second-order valence-electron chi connectivity index (χ2n) is 6.06. The van der Waals surface area contributed by atoms with Crippen LogP contribution in [0.5, 0.6) is 0 Å². The number of aliphatic hydroxyl groups is 1. The van der Waals surface area contributed by atoms with Gasteiger partial charge in [-0.05, 0) is 31.4 Å². The molecule has 1 aromatic heterocycles. The van der Waals surface area contributed by atoms with E-state index in [-0.39, 0.29) is 17.9 Å². The normalized spacial score (nSPS) is 21.7. The highest BCUT2D eigenvalue weighted by atomic mass is 16.3. The van der Waals surface area contributed by atoms with E-state index >= 15 is 0 Å². The van der Waals surface area contributed by atoms with E-state index in [9.17, 15) is 9.90 Å². The molecule has 2 aromatic rings. The van der Waals surface area contributed by atoms with Gasteiger partial charge in [-0.1, -0.05) is 18.6 Å². The second kappa shape index (κ2) is 6.40. The van der Waals surface area contributed by atoms with E-state index in [1.54, 1.807) is 18.1 Å². The molecule has 0 saturated heterocycles. The lowest BCUT2D eigenvalue weighted by Gasteiger charge is -2.28. The molecule has 1 aliphatic rings. The van der Waals surface area contributed by atoms with Crippen LogP contribution in [0.3, 0.4) is 0 Å². The number of benzene rings is 1. The van der Waals surface area contributed by atoms with Crippen molar-refractivity contribution < 1.29 is 9.90 Å². The van der Waals surface area contributed by atoms with Gasteiger partial charge in [0.25, 0.3) is 0 Å². The molecule has 5 nitrogen and oxygen atoms in total. The summed E-state index contributed by atoms with van der Waals surface area (Å²) in [5.74, 6) is 0.0240. The summed E-state index contributed by atoms with van der Waals surface area (Å²) in [6, 6.07) is 7.70. The Labute approximate surface area is 130 Å². The van der Waals surface area contributed by atoms with E-state index < -0.39 is 0 Å². The quantitative estimate of drug-likeness (QED) is 0.943. The van der Waals surface area contributed by atoms with Crippen LogP contribution in [-0.4, -0.2) is 39.0 Å². The van der Waals surface area contributed by atoms with Gasteiger partial charge in [-0.3, -0.25) is 9.78 Å². The number of aromatic nitrogens is 2. The number of aliphatic hydroxyl groups excluding tert-OH is 1. The molecule has 3 rings (SSSR count). The lowest BCUT2D eigenvalue weighted by atomic mass is 9.86. The van der Waals surface area contributed by atoms with Crippen LogP contribution in [0.15, 0.2) is 30.5 Å². The Bertz CT molecular complexity index is 674. The van der Waals surface area contributed by atoms with Crippen LogP contribution in [0, 0.1) is 5.92 Å². The minimum atomic E-state index is -0.337.